The molecule has 0 saturated carbocycles. The van der Waals surface area contributed by atoms with E-state index in [-0.39, 0.29) is 6.04 Å². The van der Waals surface area contributed by atoms with Gasteiger partial charge in [-0.2, -0.15) is 5.26 Å². The SMILES string of the molecule is CCc1ccc(C(C#N)N(CC)CC)s1. The van der Waals surface area contributed by atoms with Gasteiger partial charge >= 0.3 is 0 Å². The van der Waals surface area contributed by atoms with Gasteiger partial charge in [0.25, 0.3) is 0 Å². The van der Waals surface area contributed by atoms with Gasteiger partial charge in [0.1, 0.15) is 6.04 Å². The molecule has 0 bridgehead atoms. The Bertz CT molecular complexity index is 334. The van der Waals surface area contributed by atoms with Crippen molar-refractivity contribution in [2.45, 2.75) is 33.2 Å². The van der Waals surface area contributed by atoms with E-state index in [9.17, 15) is 5.26 Å². The van der Waals surface area contributed by atoms with Crippen molar-refractivity contribution in [3.63, 3.8) is 0 Å². The molecule has 0 aliphatic rings. The second-order valence-corrected chi connectivity index (χ2v) is 4.61. The van der Waals surface area contributed by atoms with Crippen LogP contribution in [0.3, 0.4) is 0 Å². The lowest BCUT2D eigenvalue weighted by atomic mass is 10.2. The van der Waals surface area contributed by atoms with Crippen molar-refractivity contribution in [2.24, 2.45) is 0 Å². The minimum Gasteiger partial charge on any atom is -0.284 e. The average molecular weight is 222 g/mol. The molecule has 0 aliphatic carbocycles. The van der Waals surface area contributed by atoms with E-state index in [0.717, 1.165) is 19.5 Å². The van der Waals surface area contributed by atoms with Crippen molar-refractivity contribution >= 4 is 11.3 Å². The number of aryl methyl sites for hydroxylation is 1. The van der Waals surface area contributed by atoms with Gasteiger partial charge in [-0.25, -0.2) is 0 Å². The minimum absolute atomic E-state index is 0.0645. The average Bonchev–Trinajstić information content (AvgIpc) is 2.73. The molecular formula is C12H18N2S. The Balaban J connectivity index is 2.87. The maximum Gasteiger partial charge on any atom is 0.133 e. The fourth-order valence-corrected chi connectivity index (χ4v) is 2.68. The van der Waals surface area contributed by atoms with Crippen LogP contribution in [0.2, 0.25) is 0 Å². The summed E-state index contributed by atoms with van der Waals surface area (Å²) < 4.78 is 0. The normalized spacial score (nSPS) is 12.7. The third-order valence-corrected chi connectivity index (χ3v) is 3.88. The van der Waals surface area contributed by atoms with Crippen LogP contribution in [-0.4, -0.2) is 18.0 Å². The Morgan fingerprint density at radius 3 is 2.40 bits per heavy atom. The summed E-state index contributed by atoms with van der Waals surface area (Å²) in [7, 11) is 0. The van der Waals surface area contributed by atoms with Crippen LogP contribution in [0.15, 0.2) is 12.1 Å². The molecule has 82 valence electrons. The van der Waals surface area contributed by atoms with Crippen LogP contribution < -0.4 is 0 Å². The van der Waals surface area contributed by atoms with Crippen LogP contribution in [0.5, 0.6) is 0 Å². The first-order valence-electron chi connectivity index (χ1n) is 5.49. The molecule has 1 rings (SSSR count). The molecule has 0 spiro atoms. The van der Waals surface area contributed by atoms with E-state index in [1.807, 2.05) is 0 Å². The molecule has 1 aromatic heterocycles. The first-order valence-corrected chi connectivity index (χ1v) is 6.30. The van der Waals surface area contributed by atoms with Crippen molar-refractivity contribution in [1.82, 2.24) is 4.90 Å². The Labute approximate surface area is 96.1 Å². The molecule has 0 amide bonds. The van der Waals surface area contributed by atoms with Gasteiger partial charge in [-0.3, -0.25) is 4.90 Å². The largest absolute Gasteiger partial charge is 0.284 e. The van der Waals surface area contributed by atoms with Crippen LogP contribution in [0, 0.1) is 11.3 Å². The molecule has 1 heterocycles. The van der Waals surface area contributed by atoms with Gasteiger partial charge in [0.15, 0.2) is 0 Å². The van der Waals surface area contributed by atoms with Crippen LogP contribution in [0.4, 0.5) is 0 Å². The fraction of sp³-hybridized carbons (Fsp3) is 0.583. The Kier molecular flexibility index (Phi) is 4.80. The molecule has 0 aliphatic heterocycles. The van der Waals surface area contributed by atoms with Crippen molar-refractivity contribution in [3.05, 3.63) is 21.9 Å². The van der Waals surface area contributed by atoms with E-state index in [1.165, 1.54) is 9.75 Å². The van der Waals surface area contributed by atoms with Gasteiger partial charge in [0, 0.05) is 9.75 Å². The zero-order valence-corrected chi connectivity index (χ0v) is 10.5. The second-order valence-electron chi connectivity index (χ2n) is 3.41. The smallest absolute Gasteiger partial charge is 0.133 e. The molecule has 2 nitrogen and oxygen atoms in total. The zero-order chi connectivity index (χ0) is 11.3. The maximum atomic E-state index is 9.21. The summed E-state index contributed by atoms with van der Waals surface area (Å²) in [5.41, 5.74) is 0. The molecule has 3 heteroatoms. The van der Waals surface area contributed by atoms with Crippen LogP contribution in [0.1, 0.15) is 36.6 Å². The van der Waals surface area contributed by atoms with E-state index in [0.29, 0.717) is 0 Å². The summed E-state index contributed by atoms with van der Waals surface area (Å²) in [4.78, 5) is 4.72. The third-order valence-electron chi connectivity index (χ3n) is 2.60. The van der Waals surface area contributed by atoms with Crippen molar-refractivity contribution in [3.8, 4) is 6.07 Å². The van der Waals surface area contributed by atoms with Crippen molar-refractivity contribution in [2.75, 3.05) is 13.1 Å². The number of nitrogens with zero attached hydrogens (tertiary/aromatic N) is 2. The molecule has 0 saturated heterocycles. The van der Waals surface area contributed by atoms with E-state index in [4.69, 9.17) is 0 Å². The molecule has 15 heavy (non-hydrogen) atoms. The highest BCUT2D eigenvalue weighted by Crippen LogP contribution is 2.27. The van der Waals surface area contributed by atoms with Crippen LogP contribution in [-0.2, 0) is 6.42 Å². The highest BCUT2D eigenvalue weighted by atomic mass is 32.1. The third kappa shape index (κ3) is 2.80. The summed E-state index contributed by atoms with van der Waals surface area (Å²) in [6, 6.07) is 6.56. The van der Waals surface area contributed by atoms with E-state index >= 15 is 0 Å². The summed E-state index contributed by atoms with van der Waals surface area (Å²) in [6.45, 7) is 8.20. The molecular weight excluding hydrogens is 204 g/mol. The minimum atomic E-state index is -0.0645. The van der Waals surface area contributed by atoms with E-state index in [2.05, 4.69) is 43.9 Å². The first kappa shape index (κ1) is 12.2. The summed E-state index contributed by atoms with van der Waals surface area (Å²) in [5.74, 6) is 0. The molecule has 1 atom stereocenters. The number of hydrogen-bond acceptors (Lipinski definition) is 3. The fourth-order valence-electron chi connectivity index (χ4n) is 1.65. The Hall–Kier alpha value is -0.850. The van der Waals surface area contributed by atoms with E-state index in [1.54, 1.807) is 11.3 Å². The Morgan fingerprint density at radius 2 is 2.00 bits per heavy atom. The first-order chi connectivity index (χ1) is 7.26. The summed E-state index contributed by atoms with van der Waals surface area (Å²) in [6.07, 6.45) is 1.06. The van der Waals surface area contributed by atoms with Crippen LogP contribution in [0.25, 0.3) is 0 Å². The molecule has 0 N–H and O–H groups in total. The highest BCUT2D eigenvalue weighted by molar-refractivity contribution is 7.12. The lowest BCUT2D eigenvalue weighted by Gasteiger charge is -2.22. The Morgan fingerprint density at radius 1 is 1.33 bits per heavy atom. The van der Waals surface area contributed by atoms with Gasteiger partial charge < -0.3 is 0 Å². The number of nitriles is 1. The number of rotatable bonds is 5. The zero-order valence-electron chi connectivity index (χ0n) is 9.66. The maximum absolute atomic E-state index is 9.21. The van der Waals surface area contributed by atoms with E-state index < -0.39 is 0 Å². The molecule has 1 aromatic rings. The van der Waals surface area contributed by atoms with Crippen LogP contribution >= 0.6 is 11.3 Å². The quantitative estimate of drug-likeness (QED) is 0.765. The second kappa shape index (κ2) is 5.89. The lowest BCUT2D eigenvalue weighted by Crippen LogP contribution is -2.26. The van der Waals surface area contributed by atoms with Crippen molar-refractivity contribution in [1.29, 1.82) is 5.26 Å². The lowest BCUT2D eigenvalue weighted by molar-refractivity contribution is 0.265. The van der Waals surface area contributed by atoms with Gasteiger partial charge in [0.05, 0.1) is 6.07 Å². The van der Waals surface area contributed by atoms with Crippen molar-refractivity contribution < 1.29 is 0 Å². The topological polar surface area (TPSA) is 27.0 Å². The number of thiophene rings is 1. The predicted octanol–water partition coefficient (Wildman–Crippen LogP) is 3.22. The summed E-state index contributed by atoms with van der Waals surface area (Å²) in [5, 5.41) is 9.21. The monoisotopic (exact) mass is 222 g/mol. The van der Waals surface area contributed by atoms with Gasteiger partial charge in [0.2, 0.25) is 0 Å². The predicted molar refractivity (Wildman–Crippen MR) is 65.0 cm³/mol. The molecule has 0 fully saturated rings. The highest BCUT2D eigenvalue weighted by Gasteiger charge is 2.18. The summed E-state index contributed by atoms with van der Waals surface area (Å²) >= 11 is 1.76. The van der Waals surface area contributed by atoms with Gasteiger partial charge in [-0.1, -0.05) is 20.8 Å². The van der Waals surface area contributed by atoms with Gasteiger partial charge in [-0.15, -0.1) is 11.3 Å². The van der Waals surface area contributed by atoms with Gasteiger partial charge in [-0.05, 0) is 31.6 Å². The number of hydrogen-bond donors (Lipinski definition) is 0. The molecule has 1 unspecified atom stereocenters. The standard InChI is InChI=1S/C12H18N2S/c1-4-10-7-8-12(15-10)11(9-13)14(5-2)6-3/h7-8,11H,4-6H2,1-3H3. The molecule has 0 radical (unpaired) electrons. The molecule has 0 aromatic carbocycles.